The third-order valence-corrected chi connectivity index (χ3v) is 2.36. The van der Waals surface area contributed by atoms with Crippen LogP contribution in [0, 0.1) is 5.82 Å². The van der Waals surface area contributed by atoms with Gasteiger partial charge in [-0.3, -0.25) is 9.59 Å². The Morgan fingerprint density at radius 2 is 1.94 bits per heavy atom. The van der Waals surface area contributed by atoms with Crippen LogP contribution in [0.1, 0.15) is 10.4 Å². The van der Waals surface area contributed by atoms with Gasteiger partial charge in [-0.15, -0.1) is 0 Å². The van der Waals surface area contributed by atoms with Crippen molar-refractivity contribution in [2.45, 2.75) is 0 Å². The molecule has 0 N–H and O–H groups in total. The molecule has 0 spiro atoms. The van der Waals surface area contributed by atoms with Crippen LogP contribution in [-0.2, 0) is 7.05 Å². The maximum atomic E-state index is 12.8. The summed E-state index contributed by atoms with van der Waals surface area (Å²) in [5.74, 6) is -0.353. The predicted octanol–water partition coefficient (Wildman–Crippen LogP) is 1.40. The number of aromatic nitrogens is 2. The Hall–Kier alpha value is -2.30. The van der Waals surface area contributed by atoms with Crippen molar-refractivity contribution in [3.8, 4) is 11.3 Å². The van der Waals surface area contributed by atoms with E-state index in [1.165, 1.54) is 37.4 Å². The van der Waals surface area contributed by atoms with Gasteiger partial charge in [-0.2, -0.15) is 5.10 Å². The van der Waals surface area contributed by atoms with Crippen molar-refractivity contribution in [3.05, 3.63) is 52.1 Å². The van der Waals surface area contributed by atoms with Gasteiger partial charge >= 0.3 is 0 Å². The standard InChI is InChI=1S/C12H9FN2O2/c1-15-12(17)9(7-16)6-11(14-15)8-2-4-10(13)5-3-8/h2-7H,1H3. The Kier molecular flexibility index (Phi) is 2.82. The molecule has 0 radical (unpaired) electrons. The maximum Gasteiger partial charge on any atom is 0.277 e. The summed E-state index contributed by atoms with van der Waals surface area (Å²) in [5, 5.41) is 4.00. The van der Waals surface area contributed by atoms with E-state index in [2.05, 4.69) is 5.10 Å². The molecule has 4 nitrogen and oxygen atoms in total. The van der Waals surface area contributed by atoms with E-state index in [0.717, 1.165) is 4.68 Å². The normalized spacial score (nSPS) is 10.2. The average Bonchev–Trinajstić information content (AvgIpc) is 2.33. The van der Waals surface area contributed by atoms with Crippen molar-refractivity contribution in [2.24, 2.45) is 7.05 Å². The third kappa shape index (κ3) is 2.13. The minimum atomic E-state index is -0.453. The highest BCUT2D eigenvalue weighted by atomic mass is 19.1. The molecule has 0 amide bonds. The number of nitrogens with zero attached hydrogens (tertiary/aromatic N) is 2. The number of aryl methyl sites for hydroxylation is 1. The van der Waals surface area contributed by atoms with Gasteiger partial charge in [-0.25, -0.2) is 9.07 Å². The fraction of sp³-hybridized carbons (Fsp3) is 0.0833. The molecule has 2 aromatic rings. The Bertz CT molecular complexity index is 617. The van der Waals surface area contributed by atoms with Crippen LogP contribution in [0.25, 0.3) is 11.3 Å². The first-order valence-corrected chi connectivity index (χ1v) is 4.91. The summed E-state index contributed by atoms with van der Waals surface area (Å²) in [5.41, 5.74) is 0.673. The summed E-state index contributed by atoms with van der Waals surface area (Å²) >= 11 is 0. The van der Waals surface area contributed by atoms with Crippen molar-refractivity contribution in [3.63, 3.8) is 0 Å². The molecule has 0 fully saturated rings. The highest BCUT2D eigenvalue weighted by molar-refractivity contribution is 5.76. The second-order valence-electron chi connectivity index (χ2n) is 3.54. The molecule has 0 saturated carbocycles. The molecule has 5 heteroatoms. The van der Waals surface area contributed by atoms with E-state index >= 15 is 0 Å². The van der Waals surface area contributed by atoms with Crippen LogP contribution in [0.3, 0.4) is 0 Å². The van der Waals surface area contributed by atoms with Gasteiger partial charge in [-0.05, 0) is 30.3 Å². The molecule has 1 aromatic carbocycles. The zero-order valence-electron chi connectivity index (χ0n) is 9.05. The van der Waals surface area contributed by atoms with Gasteiger partial charge in [0.1, 0.15) is 5.82 Å². The van der Waals surface area contributed by atoms with Crippen LogP contribution in [-0.4, -0.2) is 16.1 Å². The topological polar surface area (TPSA) is 52.0 Å². The van der Waals surface area contributed by atoms with Crippen molar-refractivity contribution in [2.75, 3.05) is 0 Å². The molecule has 0 aliphatic rings. The molecular weight excluding hydrogens is 223 g/mol. The van der Waals surface area contributed by atoms with Crippen molar-refractivity contribution in [1.82, 2.24) is 9.78 Å². The second kappa shape index (κ2) is 4.29. The number of halogens is 1. The lowest BCUT2D eigenvalue weighted by Gasteiger charge is -2.04. The Labute approximate surface area is 96.3 Å². The van der Waals surface area contributed by atoms with Crippen LogP contribution in [0.5, 0.6) is 0 Å². The lowest BCUT2D eigenvalue weighted by Crippen LogP contribution is -2.23. The number of rotatable bonds is 2. The SMILES string of the molecule is Cn1nc(-c2ccc(F)cc2)cc(C=O)c1=O. The molecule has 1 aromatic heterocycles. The number of benzene rings is 1. The van der Waals surface area contributed by atoms with Crippen LogP contribution < -0.4 is 5.56 Å². The van der Waals surface area contributed by atoms with Gasteiger partial charge in [-0.1, -0.05) is 0 Å². The number of hydrogen-bond donors (Lipinski definition) is 0. The highest BCUT2D eigenvalue weighted by Crippen LogP contribution is 2.16. The van der Waals surface area contributed by atoms with Crippen LogP contribution in [0.15, 0.2) is 35.1 Å². The predicted molar refractivity (Wildman–Crippen MR) is 60.3 cm³/mol. The minimum absolute atomic E-state index is 0.0295. The summed E-state index contributed by atoms with van der Waals surface area (Å²) in [6, 6.07) is 7.06. The zero-order valence-corrected chi connectivity index (χ0v) is 9.05. The molecule has 0 aliphatic heterocycles. The smallest absolute Gasteiger partial charge is 0.277 e. The summed E-state index contributed by atoms with van der Waals surface area (Å²) in [6.45, 7) is 0. The van der Waals surface area contributed by atoms with Gasteiger partial charge < -0.3 is 0 Å². The lowest BCUT2D eigenvalue weighted by atomic mass is 10.1. The van der Waals surface area contributed by atoms with E-state index in [-0.39, 0.29) is 11.4 Å². The number of hydrogen-bond acceptors (Lipinski definition) is 3. The molecule has 0 atom stereocenters. The number of aldehydes is 1. The van der Waals surface area contributed by atoms with Crippen LogP contribution in [0.4, 0.5) is 4.39 Å². The fourth-order valence-corrected chi connectivity index (χ4v) is 1.48. The summed E-state index contributed by atoms with van der Waals surface area (Å²) in [4.78, 5) is 22.2. The van der Waals surface area contributed by atoms with E-state index in [9.17, 15) is 14.0 Å². The average molecular weight is 232 g/mol. The number of carbonyl (C=O) groups excluding carboxylic acids is 1. The highest BCUT2D eigenvalue weighted by Gasteiger charge is 2.07. The van der Waals surface area contributed by atoms with E-state index in [4.69, 9.17) is 0 Å². The summed E-state index contributed by atoms with van der Waals surface area (Å²) in [7, 11) is 1.46. The van der Waals surface area contributed by atoms with Crippen LogP contribution in [0.2, 0.25) is 0 Å². The summed E-state index contributed by atoms with van der Waals surface area (Å²) in [6.07, 6.45) is 0.483. The molecule has 2 rings (SSSR count). The molecule has 1 heterocycles. The van der Waals surface area contributed by atoms with Gasteiger partial charge in [0, 0.05) is 12.6 Å². The van der Waals surface area contributed by atoms with Crippen molar-refractivity contribution in [1.29, 1.82) is 0 Å². The van der Waals surface area contributed by atoms with E-state index in [1.807, 2.05) is 0 Å². The van der Waals surface area contributed by atoms with Gasteiger partial charge in [0.05, 0.1) is 11.3 Å². The molecule has 0 saturated heterocycles. The van der Waals surface area contributed by atoms with E-state index in [0.29, 0.717) is 17.5 Å². The number of carbonyl (C=O) groups is 1. The second-order valence-corrected chi connectivity index (χ2v) is 3.54. The Balaban J connectivity index is 2.60. The quantitative estimate of drug-likeness (QED) is 0.735. The summed E-state index contributed by atoms with van der Waals surface area (Å²) < 4.78 is 13.8. The molecule has 86 valence electrons. The molecule has 0 unspecified atom stereocenters. The third-order valence-electron chi connectivity index (χ3n) is 2.36. The van der Waals surface area contributed by atoms with Gasteiger partial charge in [0.15, 0.2) is 6.29 Å². The van der Waals surface area contributed by atoms with E-state index < -0.39 is 5.56 Å². The molecular formula is C12H9FN2O2. The van der Waals surface area contributed by atoms with Crippen LogP contribution >= 0.6 is 0 Å². The first kappa shape index (κ1) is 11.2. The largest absolute Gasteiger partial charge is 0.298 e. The Morgan fingerprint density at radius 1 is 1.29 bits per heavy atom. The molecule has 0 bridgehead atoms. The first-order valence-electron chi connectivity index (χ1n) is 4.91. The Morgan fingerprint density at radius 3 is 2.53 bits per heavy atom. The zero-order chi connectivity index (χ0) is 12.4. The first-order chi connectivity index (χ1) is 8.11. The van der Waals surface area contributed by atoms with E-state index in [1.54, 1.807) is 0 Å². The fourth-order valence-electron chi connectivity index (χ4n) is 1.48. The maximum absolute atomic E-state index is 12.8. The minimum Gasteiger partial charge on any atom is -0.298 e. The van der Waals surface area contributed by atoms with Crippen molar-refractivity contribution >= 4 is 6.29 Å². The molecule has 17 heavy (non-hydrogen) atoms. The van der Waals surface area contributed by atoms with Gasteiger partial charge in [0.2, 0.25) is 0 Å². The van der Waals surface area contributed by atoms with Gasteiger partial charge in [0.25, 0.3) is 5.56 Å². The lowest BCUT2D eigenvalue weighted by molar-refractivity contribution is 0.112. The van der Waals surface area contributed by atoms with Crippen molar-refractivity contribution < 1.29 is 9.18 Å². The molecule has 0 aliphatic carbocycles. The monoisotopic (exact) mass is 232 g/mol.